The molecule has 1 heterocycles. The lowest BCUT2D eigenvalue weighted by atomic mass is 10.2. The SMILES string of the molecule is COC(=O)C1CC(Oc2cc(F)ccc2[N+](=O)[O-])CN1C(=O)OC(C)(C)C. The Kier molecular flexibility index (Phi) is 5.87. The molecule has 10 heteroatoms. The molecule has 0 radical (unpaired) electrons. The van der Waals surface area contributed by atoms with E-state index in [1.165, 1.54) is 7.11 Å². The Morgan fingerprint density at radius 1 is 1.33 bits per heavy atom. The zero-order valence-electron chi connectivity index (χ0n) is 15.4. The Morgan fingerprint density at radius 2 is 2.00 bits per heavy atom. The highest BCUT2D eigenvalue weighted by Crippen LogP contribution is 2.32. The van der Waals surface area contributed by atoms with Crippen molar-refractivity contribution in [2.24, 2.45) is 0 Å². The van der Waals surface area contributed by atoms with Crippen molar-refractivity contribution in [2.45, 2.75) is 44.9 Å². The number of likely N-dealkylation sites (tertiary alicyclic amines) is 1. The van der Waals surface area contributed by atoms with Crippen LogP contribution in [0, 0.1) is 15.9 Å². The van der Waals surface area contributed by atoms with Crippen LogP contribution >= 0.6 is 0 Å². The first kappa shape index (κ1) is 20.4. The van der Waals surface area contributed by atoms with Crippen LogP contribution in [-0.2, 0) is 14.3 Å². The Bertz CT molecular complexity index is 747. The van der Waals surface area contributed by atoms with E-state index in [9.17, 15) is 24.1 Å². The van der Waals surface area contributed by atoms with Gasteiger partial charge in [0.1, 0.15) is 23.6 Å². The highest BCUT2D eigenvalue weighted by molar-refractivity contribution is 5.82. The number of ether oxygens (including phenoxy) is 3. The van der Waals surface area contributed by atoms with E-state index in [0.717, 1.165) is 23.1 Å². The van der Waals surface area contributed by atoms with Gasteiger partial charge in [0, 0.05) is 18.6 Å². The number of amides is 1. The normalized spacial score (nSPS) is 19.5. The molecule has 0 spiro atoms. The largest absolute Gasteiger partial charge is 0.481 e. The highest BCUT2D eigenvalue weighted by atomic mass is 19.1. The van der Waals surface area contributed by atoms with Crippen LogP contribution in [0.15, 0.2) is 18.2 Å². The lowest BCUT2D eigenvalue weighted by Crippen LogP contribution is -2.44. The average molecular weight is 384 g/mol. The van der Waals surface area contributed by atoms with E-state index in [0.29, 0.717) is 0 Å². The van der Waals surface area contributed by atoms with Gasteiger partial charge in [0.05, 0.1) is 18.6 Å². The van der Waals surface area contributed by atoms with Gasteiger partial charge >= 0.3 is 17.7 Å². The van der Waals surface area contributed by atoms with Crippen molar-refractivity contribution in [3.05, 3.63) is 34.1 Å². The Balaban J connectivity index is 2.23. The molecule has 2 rings (SSSR count). The van der Waals surface area contributed by atoms with Crippen LogP contribution in [-0.4, -0.2) is 53.3 Å². The average Bonchev–Trinajstić information content (AvgIpc) is 2.96. The number of benzene rings is 1. The Labute approximate surface area is 155 Å². The minimum Gasteiger partial charge on any atom is -0.481 e. The van der Waals surface area contributed by atoms with Crippen molar-refractivity contribution >= 4 is 17.7 Å². The van der Waals surface area contributed by atoms with Gasteiger partial charge in [-0.1, -0.05) is 0 Å². The molecular weight excluding hydrogens is 363 g/mol. The molecule has 1 saturated heterocycles. The van der Waals surface area contributed by atoms with Gasteiger partial charge in [-0.05, 0) is 26.8 Å². The predicted molar refractivity (Wildman–Crippen MR) is 90.8 cm³/mol. The minimum absolute atomic E-state index is 0.0274. The number of esters is 1. The van der Waals surface area contributed by atoms with Crippen molar-refractivity contribution in [3.63, 3.8) is 0 Å². The molecule has 27 heavy (non-hydrogen) atoms. The number of nitro groups is 1. The third-order valence-corrected chi connectivity index (χ3v) is 3.78. The van der Waals surface area contributed by atoms with E-state index in [1.807, 2.05) is 0 Å². The van der Waals surface area contributed by atoms with Crippen molar-refractivity contribution in [3.8, 4) is 5.75 Å². The summed E-state index contributed by atoms with van der Waals surface area (Å²) in [5, 5.41) is 11.1. The van der Waals surface area contributed by atoms with Crippen LogP contribution in [0.25, 0.3) is 0 Å². The standard InChI is InChI=1S/C17H21FN2O7/c1-17(2,3)27-16(22)19-9-11(8-13(19)15(21)25-4)26-14-7-10(18)5-6-12(14)20(23)24/h5-7,11,13H,8-9H2,1-4H3. The number of carbonyl (C=O) groups is 2. The molecule has 0 bridgehead atoms. The summed E-state index contributed by atoms with van der Waals surface area (Å²) in [7, 11) is 1.18. The second-order valence-corrected chi connectivity index (χ2v) is 7.02. The molecule has 148 valence electrons. The number of hydrogen-bond donors (Lipinski definition) is 0. The summed E-state index contributed by atoms with van der Waals surface area (Å²) < 4.78 is 29.0. The number of hydrogen-bond acceptors (Lipinski definition) is 7. The summed E-state index contributed by atoms with van der Waals surface area (Å²) in [6, 6.07) is 1.86. The van der Waals surface area contributed by atoms with E-state index in [4.69, 9.17) is 14.2 Å². The highest BCUT2D eigenvalue weighted by Gasteiger charge is 2.43. The Morgan fingerprint density at radius 3 is 2.56 bits per heavy atom. The van der Waals surface area contributed by atoms with Crippen LogP contribution in [0.1, 0.15) is 27.2 Å². The van der Waals surface area contributed by atoms with Crippen LogP contribution in [0.3, 0.4) is 0 Å². The number of nitrogens with zero attached hydrogens (tertiary/aromatic N) is 2. The van der Waals surface area contributed by atoms with E-state index in [2.05, 4.69) is 0 Å². The van der Waals surface area contributed by atoms with Gasteiger partial charge in [-0.15, -0.1) is 0 Å². The third-order valence-electron chi connectivity index (χ3n) is 3.78. The first-order valence-electron chi connectivity index (χ1n) is 8.20. The fourth-order valence-electron chi connectivity index (χ4n) is 2.68. The van der Waals surface area contributed by atoms with E-state index >= 15 is 0 Å². The van der Waals surface area contributed by atoms with E-state index < -0.39 is 46.2 Å². The topological polar surface area (TPSA) is 108 Å². The molecule has 1 aliphatic heterocycles. The minimum atomic E-state index is -0.970. The fraction of sp³-hybridized carbons (Fsp3) is 0.529. The van der Waals surface area contributed by atoms with Gasteiger partial charge in [-0.25, -0.2) is 14.0 Å². The molecule has 0 aromatic heterocycles. The molecule has 2 atom stereocenters. The maximum atomic E-state index is 13.5. The second-order valence-electron chi connectivity index (χ2n) is 7.02. The molecule has 1 aliphatic rings. The van der Waals surface area contributed by atoms with E-state index in [-0.39, 0.29) is 18.7 Å². The molecule has 0 aliphatic carbocycles. The molecule has 0 saturated carbocycles. The molecule has 1 aromatic carbocycles. The molecular formula is C17H21FN2O7. The smallest absolute Gasteiger partial charge is 0.411 e. The molecule has 1 fully saturated rings. The number of nitro benzene ring substituents is 1. The first-order valence-corrected chi connectivity index (χ1v) is 8.20. The predicted octanol–water partition coefficient (Wildman–Crippen LogP) is 2.66. The summed E-state index contributed by atoms with van der Waals surface area (Å²) in [4.78, 5) is 36.0. The maximum absolute atomic E-state index is 13.5. The van der Waals surface area contributed by atoms with Gasteiger partial charge in [0.2, 0.25) is 0 Å². The molecule has 1 amide bonds. The van der Waals surface area contributed by atoms with Crippen molar-refractivity contribution in [1.29, 1.82) is 0 Å². The maximum Gasteiger partial charge on any atom is 0.411 e. The quantitative estimate of drug-likeness (QED) is 0.446. The van der Waals surface area contributed by atoms with Crippen LogP contribution < -0.4 is 4.74 Å². The zero-order valence-corrected chi connectivity index (χ0v) is 15.4. The molecule has 1 aromatic rings. The lowest BCUT2D eigenvalue weighted by molar-refractivity contribution is -0.386. The van der Waals surface area contributed by atoms with Gasteiger partial charge in [0.15, 0.2) is 5.75 Å². The van der Waals surface area contributed by atoms with Crippen molar-refractivity contribution in [1.82, 2.24) is 4.90 Å². The van der Waals surface area contributed by atoms with Crippen LogP contribution in [0.5, 0.6) is 5.75 Å². The zero-order chi connectivity index (χ0) is 20.4. The van der Waals surface area contributed by atoms with Crippen molar-refractivity contribution in [2.75, 3.05) is 13.7 Å². The van der Waals surface area contributed by atoms with Gasteiger partial charge in [0.25, 0.3) is 0 Å². The first-order chi connectivity index (χ1) is 12.5. The lowest BCUT2D eigenvalue weighted by Gasteiger charge is -2.27. The van der Waals surface area contributed by atoms with Crippen molar-refractivity contribution < 1.29 is 33.1 Å². The molecule has 9 nitrogen and oxygen atoms in total. The van der Waals surface area contributed by atoms with Gasteiger partial charge in [-0.2, -0.15) is 0 Å². The fourth-order valence-corrected chi connectivity index (χ4v) is 2.68. The second kappa shape index (κ2) is 7.77. The van der Waals surface area contributed by atoms with E-state index in [1.54, 1.807) is 20.8 Å². The molecule has 2 unspecified atom stereocenters. The number of carbonyl (C=O) groups excluding carboxylic acids is 2. The third kappa shape index (κ3) is 5.05. The summed E-state index contributed by atoms with van der Waals surface area (Å²) in [6.07, 6.45) is -1.49. The van der Waals surface area contributed by atoms with Crippen LogP contribution in [0.4, 0.5) is 14.9 Å². The summed E-state index contributed by atoms with van der Waals surface area (Å²) in [5.74, 6) is -1.65. The Hall–Kier alpha value is -2.91. The van der Waals surface area contributed by atoms with Gasteiger partial charge in [-0.3, -0.25) is 15.0 Å². The number of halogens is 1. The molecule has 0 N–H and O–H groups in total. The summed E-state index contributed by atoms with van der Waals surface area (Å²) in [6.45, 7) is 4.97. The van der Waals surface area contributed by atoms with Crippen LogP contribution in [0.2, 0.25) is 0 Å². The summed E-state index contributed by atoms with van der Waals surface area (Å²) in [5.41, 5.74) is -1.19. The number of methoxy groups -OCH3 is 1. The number of rotatable bonds is 4. The monoisotopic (exact) mass is 384 g/mol. The summed E-state index contributed by atoms with van der Waals surface area (Å²) >= 11 is 0. The van der Waals surface area contributed by atoms with Gasteiger partial charge < -0.3 is 14.2 Å².